The molecule has 2 heterocycles. The van der Waals surface area contributed by atoms with Crippen molar-refractivity contribution in [3.8, 4) is 0 Å². The molecule has 0 atom stereocenters. The number of aromatic nitrogens is 2. The van der Waals surface area contributed by atoms with Crippen LogP contribution < -0.4 is 15.8 Å². The molecule has 1 N–H and O–H groups in total. The number of carbonyl (C=O) groups excluding carboxylic acids is 1. The van der Waals surface area contributed by atoms with E-state index in [1.807, 2.05) is 54.2 Å². The lowest BCUT2D eigenvalue weighted by molar-refractivity contribution is -0.117. The molecule has 7 heteroatoms. The minimum absolute atomic E-state index is 0.120. The van der Waals surface area contributed by atoms with Crippen LogP contribution in [0.25, 0.3) is 10.8 Å². The third kappa shape index (κ3) is 4.36. The molecule has 0 spiro atoms. The summed E-state index contributed by atoms with van der Waals surface area (Å²) in [4.78, 5) is 27.8. The topological polar surface area (TPSA) is 67.2 Å². The van der Waals surface area contributed by atoms with E-state index < -0.39 is 0 Å². The Labute approximate surface area is 180 Å². The summed E-state index contributed by atoms with van der Waals surface area (Å²) in [5, 5.41) is 8.91. The van der Waals surface area contributed by atoms with Crippen LogP contribution in [-0.4, -0.2) is 40.3 Å². The van der Waals surface area contributed by atoms with Gasteiger partial charge in [-0.2, -0.15) is 16.9 Å². The number of rotatable bonds is 5. The van der Waals surface area contributed by atoms with Gasteiger partial charge in [0, 0.05) is 35.7 Å². The lowest BCUT2D eigenvalue weighted by Gasteiger charge is -2.28. The van der Waals surface area contributed by atoms with Crippen LogP contribution in [0, 0.1) is 0 Å². The van der Waals surface area contributed by atoms with E-state index in [1.165, 1.54) is 10.2 Å². The fraction of sp³-hybridized carbons (Fsp3) is 0.348. The standard InChI is InChI=1S/C23H26N4O2S/c1-16(2)17-7-9-18(10-8-17)24-21(28)15-27-23(29)20-6-4-3-5-19(20)22(25-27)26-11-13-30-14-12-26/h3-10,16H,11-15H2,1-2H3,(H,24,28). The van der Waals surface area contributed by atoms with Crippen molar-refractivity contribution in [3.05, 3.63) is 64.4 Å². The van der Waals surface area contributed by atoms with Gasteiger partial charge in [0.25, 0.3) is 5.56 Å². The number of fused-ring (bicyclic) bond motifs is 1. The van der Waals surface area contributed by atoms with Crippen LogP contribution in [0.5, 0.6) is 0 Å². The van der Waals surface area contributed by atoms with Crippen molar-refractivity contribution >= 4 is 39.9 Å². The number of amides is 1. The van der Waals surface area contributed by atoms with Gasteiger partial charge in [0.2, 0.25) is 5.91 Å². The molecular weight excluding hydrogens is 396 g/mol. The molecule has 1 saturated heterocycles. The van der Waals surface area contributed by atoms with Crippen molar-refractivity contribution in [3.63, 3.8) is 0 Å². The molecule has 1 aromatic heterocycles. The largest absolute Gasteiger partial charge is 0.353 e. The van der Waals surface area contributed by atoms with Crippen LogP contribution in [-0.2, 0) is 11.3 Å². The molecule has 0 saturated carbocycles. The summed E-state index contributed by atoms with van der Waals surface area (Å²) in [5.74, 6) is 3.00. The predicted octanol–water partition coefficient (Wildman–Crippen LogP) is 3.71. The molecule has 3 aromatic rings. The van der Waals surface area contributed by atoms with Crippen LogP contribution in [0.15, 0.2) is 53.3 Å². The smallest absolute Gasteiger partial charge is 0.275 e. The molecule has 156 valence electrons. The highest BCUT2D eigenvalue weighted by molar-refractivity contribution is 7.99. The number of hydrogen-bond donors (Lipinski definition) is 1. The van der Waals surface area contributed by atoms with Crippen LogP contribution in [0.2, 0.25) is 0 Å². The summed E-state index contributed by atoms with van der Waals surface area (Å²) in [6.45, 7) is 5.90. The summed E-state index contributed by atoms with van der Waals surface area (Å²) in [5.41, 5.74) is 1.68. The minimum Gasteiger partial charge on any atom is -0.353 e. The van der Waals surface area contributed by atoms with Crippen molar-refractivity contribution in [2.75, 3.05) is 34.8 Å². The Kier molecular flexibility index (Phi) is 6.08. The van der Waals surface area contributed by atoms with E-state index in [1.54, 1.807) is 6.07 Å². The van der Waals surface area contributed by atoms with Crippen LogP contribution in [0.3, 0.4) is 0 Å². The summed E-state index contributed by atoms with van der Waals surface area (Å²) in [7, 11) is 0. The maximum Gasteiger partial charge on any atom is 0.275 e. The number of nitrogens with zero attached hydrogens (tertiary/aromatic N) is 3. The molecule has 2 aromatic carbocycles. The third-order valence-electron chi connectivity index (χ3n) is 5.31. The fourth-order valence-electron chi connectivity index (χ4n) is 3.62. The molecule has 1 fully saturated rings. The Balaban J connectivity index is 1.61. The van der Waals surface area contributed by atoms with E-state index in [0.29, 0.717) is 17.0 Å². The van der Waals surface area contributed by atoms with Gasteiger partial charge in [0.15, 0.2) is 5.82 Å². The summed E-state index contributed by atoms with van der Waals surface area (Å²) in [6, 6.07) is 15.3. The number of thioether (sulfide) groups is 1. The molecule has 6 nitrogen and oxygen atoms in total. The molecule has 1 aliphatic rings. The molecule has 0 unspecified atom stereocenters. The molecule has 4 rings (SSSR count). The van der Waals surface area contributed by atoms with Crippen molar-refractivity contribution in [1.82, 2.24) is 9.78 Å². The average Bonchev–Trinajstić information content (AvgIpc) is 2.76. The van der Waals surface area contributed by atoms with Gasteiger partial charge >= 0.3 is 0 Å². The average molecular weight is 423 g/mol. The molecule has 30 heavy (non-hydrogen) atoms. The van der Waals surface area contributed by atoms with Crippen molar-refractivity contribution < 1.29 is 4.79 Å². The number of carbonyl (C=O) groups is 1. The summed E-state index contributed by atoms with van der Waals surface area (Å²) < 4.78 is 1.29. The quantitative estimate of drug-likeness (QED) is 0.679. The van der Waals surface area contributed by atoms with Crippen LogP contribution in [0.1, 0.15) is 25.3 Å². The van der Waals surface area contributed by atoms with Crippen LogP contribution in [0.4, 0.5) is 11.5 Å². The molecular formula is C23H26N4O2S. The van der Waals surface area contributed by atoms with Crippen molar-refractivity contribution in [2.24, 2.45) is 0 Å². The van der Waals surface area contributed by atoms with Gasteiger partial charge in [-0.15, -0.1) is 0 Å². The molecule has 1 amide bonds. The monoisotopic (exact) mass is 422 g/mol. The Morgan fingerprint density at radius 3 is 2.40 bits per heavy atom. The molecule has 0 bridgehead atoms. The number of benzene rings is 2. The number of anilines is 2. The first-order chi connectivity index (χ1) is 14.5. The highest BCUT2D eigenvalue weighted by Crippen LogP contribution is 2.24. The lowest BCUT2D eigenvalue weighted by atomic mass is 10.0. The molecule has 1 aliphatic heterocycles. The van der Waals surface area contributed by atoms with Gasteiger partial charge in [-0.1, -0.05) is 44.2 Å². The normalized spacial score (nSPS) is 14.3. The van der Waals surface area contributed by atoms with Gasteiger partial charge in [0.05, 0.1) is 5.39 Å². The van der Waals surface area contributed by atoms with Crippen LogP contribution >= 0.6 is 11.8 Å². The Morgan fingerprint density at radius 2 is 1.73 bits per heavy atom. The second-order valence-corrected chi connectivity index (χ2v) is 8.98. The predicted molar refractivity (Wildman–Crippen MR) is 125 cm³/mol. The summed E-state index contributed by atoms with van der Waals surface area (Å²) in [6.07, 6.45) is 0. The van der Waals surface area contributed by atoms with E-state index in [4.69, 9.17) is 0 Å². The summed E-state index contributed by atoms with van der Waals surface area (Å²) >= 11 is 1.92. The fourth-order valence-corrected chi connectivity index (χ4v) is 4.52. The first-order valence-electron chi connectivity index (χ1n) is 10.3. The first-order valence-corrected chi connectivity index (χ1v) is 11.4. The maximum absolute atomic E-state index is 13.0. The SMILES string of the molecule is CC(C)c1ccc(NC(=O)Cn2nc(N3CCSCC3)c3ccccc3c2=O)cc1. The van der Waals surface area contributed by atoms with Gasteiger partial charge < -0.3 is 10.2 Å². The highest BCUT2D eigenvalue weighted by Gasteiger charge is 2.19. The van der Waals surface area contributed by atoms with Crippen molar-refractivity contribution in [1.29, 1.82) is 0 Å². The van der Waals surface area contributed by atoms with Gasteiger partial charge in [0.1, 0.15) is 6.54 Å². The molecule has 0 aliphatic carbocycles. The van der Waals surface area contributed by atoms with Crippen molar-refractivity contribution in [2.45, 2.75) is 26.3 Å². The minimum atomic E-state index is -0.266. The Morgan fingerprint density at radius 1 is 1.07 bits per heavy atom. The first kappa shape index (κ1) is 20.5. The van der Waals surface area contributed by atoms with E-state index in [2.05, 4.69) is 29.2 Å². The highest BCUT2D eigenvalue weighted by atomic mass is 32.2. The zero-order valence-electron chi connectivity index (χ0n) is 17.3. The number of hydrogen-bond acceptors (Lipinski definition) is 5. The van der Waals surface area contributed by atoms with E-state index in [-0.39, 0.29) is 18.0 Å². The van der Waals surface area contributed by atoms with Gasteiger partial charge in [-0.05, 0) is 29.7 Å². The zero-order chi connectivity index (χ0) is 21.1. The van der Waals surface area contributed by atoms with E-state index >= 15 is 0 Å². The molecule has 0 radical (unpaired) electrons. The van der Waals surface area contributed by atoms with E-state index in [0.717, 1.165) is 35.8 Å². The Bertz CT molecular complexity index is 1100. The van der Waals surface area contributed by atoms with Gasteiger partial charge in [-0.25, -0.2) is 4.68 Å². The second-order valence-electron chi connectivity index (χ2n) is 7.76. The van der Waals surface area contributed by atoms with Gasteiger partial charge in [-0.3, -0.25) is 9.59 Å². The van der Waals surface area contributed by atoms with E-state index in [9.17, 15) is 9.59 Å². The Hall–Kier alpha value is -2.80. The third-order valence-corrected chi connectivity index (χ3v) is 6.26. The second kappa shape index (κ2) is 8.92. The number of nitrogens with one attached hydrogen (secondary N) is 1. The lowest BCUT2D eigenvalue weighted by Crippen LogP contribution is -2.37. The zero-order valence-corrected chi connectivity index (χ0v) is 18.1. The maximum atomic E-state index is 13.0.